The molecule has 2 nitrogen and oxygen atoms in total. The molecular formula is C21H26Cl2O2. The van der Waals surface area contributed by atoms with Crippen molar-refractivity contribution in [2.45, 2.75) is 40.5 Å². The van der Waals surface area contributed by atoms with E-state index < -0.39 is 0 Å². The van der Waals surface area contributed by atoms with Crippen molar-refractivity contribution in [1.82, 2.24) is 0 Å². The fraction of sp³-hybridized carbons (Fsp3) is 0.381. The van der Waals surface area contributed by atoms with E-state index >= 15 is 0 Å². The van der Waals surface area contributed by atoms with Crippen LogP contribution in [0.3, 0.4) is 0 Å². The maximum Gasteiger partial charge on any atom is 0.308 e. The van der Waals surface area contributed by atoms with Crippen LogP contribution in [0.5, 0.6) is 0 Å². The number of carbonyl (C=O) groups is 1. The first kappa shape index (κ1) is 21.5. The number of carbonyl (C=O) groups excluding carboxylic acids is 1. The summed E-state index contributed by atoms with van der Waals surface area (Å²) in [5.74, 6) is -0.319. The van der Waals surface area contributed by atoms with E-state index in [1.807, 2.05) is 56.3 Å². The summed E-state index contributed by atoms with van der Waals surface area (Å²) in [5.41, 5.74) is 3.39. The van der Waals surface area contributed by atoms with Gasteiger partial charge in [-0.3, -0.25) is 4.79 Å². The van der Waals surface area contributed by atoms with Crippen LogP contribution in [0, 0.1) is 12.8 Å². The predicted octanol–water partition coefficient (Wildman–Crippen LogP) is 6.66. The van der Waals surface area contributed by atoms with Gasteiger partial charge in [-0.15, -0.1) is 0 Å². The average Bonchev–Trinajstić information content (AvgIpc) is 2.56. The maximum absolute atomic E-state index is 12.1. The molecular weight excluding hydrogens is 355 g/mol. The number of rotatable bonds is 6. The number of aryl methyl sites for hydroxylation is 1. The first-order chi connectivity index (χ1) is 11.4. The van der Waals surface area contributed by atoms with Crippen molar-refractivity contribution in [3.05, 3.63) is 69.2 Å². The van der Waals surface area contributed by atoms with Crippen LogP contribution in [0.1, 0.15) is 50.3 Å². The van der Waals surface area contributed by atoms with Gasteiger partial charge in [-0.05, 0) is 61.2 Å². The highest BCUT2D eigenvalue weighted by atomic mass is 35.5. The quantitative estimate of drug-likeness (QED) is 0.523. The molecule has 0 heterocycles. The standard InChI is InChI=1S/C20H22Cl2O2.CH4/c1-4-24-20(23)14(3)11-19(15-6-9-16(21)10-7-15)18-12-17(22)8-5-13(18)2;/h5-10,12,14,19H,4,11H2,1-3H3;1H4. The highest BCUT2D eigenvalue weighted by molar-refractivity contribution is 6.30. The summed E-state index contributed by atoms with van der Waals surface area (Å²) < 4.78 is 5.16. The number of halogens is 2. The third-order valence-corrected chi connectivity index (χ3v) is 4.65. The van der Waals surface area contributed by atoms with Gasteiger partial charge in [0.15, 0.2) is 0 Å². The summed E-state index contributed by atoms with van der Waals surface area (Å²) in [6.07, 6.45) is 0.654. The first-order valence-corrected chi connectivity index (χ1v) is 8.86. The SMILES string of the molecule is C.CCOC(=O)C(C)CC(c1ccc(Cl)cc1)c1cc(Cl)ccc1C. The minimum atomic E-state index is -0.205. The van der Waals surface area contributed by atoms with Crippen LogP contribution in [0.15, 0.2) is 42.5 Å². The van der Waals surface area contributed by atoms with Crippen LogP contribution in [0.25, 0.3) is 0 Å². The minimum Gasteiger partial charge on any atom is -0.466 e. The summed E-state index contributed by atoms with van der Waals surface area (Å²) in [6, 6.07) is 13.6. The van der Waals surface area contributed by atoms with E-state index in [9.17, 15) is 4.79 Å². The van der Waals surface area contributed by atoms with Gasteiger partial charge in [0.2, 0.25) is 0 Å². The van der Waals surface area contributed by atoms with Gasteiger partial charge < -0.3 is 4.74 Å². The van der Waals surface area contributed by atoms with E-state index in [4.69, 9.17) is 27.9 Å². The molecule has 0 aromatic heterocycles. The molecule has 0 fully saturated rings. The molecule has 0 saturated heterocycles. The van der Waals surface area contributed by atoms with E-state index in [1.54, 1.807) is 0 Å². The summed E-state index contributed by atoms with van der Waals surface area (Å²) in [4.78, 5) is 12.1. The fourth-order valence-corrected chi connectivity index (χ4v) is 3.17. The Morgan fingerprint density at radius 3 is 2.28 bits per heavy atom. The molecule has 2 atom stereocenters. The number of hydrogen-bond acceptors (Lipinski definition) is 2. The smallest absolute Gasteiger partial charge is 0.308 e. The Bertz CT molecular complexity index is 696. The van der Waals surface area contributed by atoms with Gasteiger partial charge in [0, 0.05) is 16.0 Å². The number of hydrogen-bond donors (Lipinski definition) is 0. The van der Waals surface area contributed by atoms with Gasteiger partial charge in [-0.1, -0.05) is 55.8 Å². The Labute approximate surface area is 161 Å². The van der Waals surface area contributed by atoms with Crippen LogP contribution < -0.4 is 0 Å². The molecule has 136 valence electrons. The van der Waals surface area contributed by atoms with Crippen LogP contribution in [0.2, 0.25) is 10.0 Å². The summed E-state index contributed by atoms with van der Waals surface area (Å²) in [7, 11) is 0. The van der Waals surface area contributed by atoms with Gasteiger partial charge in [0.25, 0.3) is 0 Å². The van der Waals surface area contributed by atoms with Crippen molar-refractivity contribution in [2.75, 3.05) is 6.61 Å². The zero-order valence-electron chi connectivity index (χ0n) is 14.2. The third-order valence-electron chi connectivity index (χ3n) is 4.17. The molecule has 0 aliphatic heterocycles. The molecule has 2 aromatic carbocycles. The zero-order chi connectivity index (χ0) is 17.7. The lowest BCUT2D eigenvalue weighted by Crippen LogP contribution is -2.18. The van der Waals surface area contributed by atoms with Crippen LogP contribution in [-0.4, -0.2) is 12.6 Å². The molecule has 0 aliphatic rings. The Kier molecular flexibility index (Phi) is 8.47. The van der Waals surface area contributed by atoms with Gasteiger partial charge in [-0.25, -0.2) is 0 Å². The average molecular weight is 381 g/mol. The van der Waals surface area contributed by atoms with Crippen molar-refractivity contribution in [3.63, 3.8) is 0 Å². The van der Waals surface area contributed by atoms with Crippen LogP contribution in [-0.2, 0) is 9.53 Å². The summed E-state index contributed by atoms with van der Waals surface area (Å²) >= 11 is 12.2. The van der Waals surface area contributed by atoms with Crippen LogP contribution in [0.4, 0.5) is 0 Å². The van der Waals surface area contributed by atoms with Gasteiger partial charge >= 0.3 is 5.97 Å². The second-order valence-corrected chi connectivity index (χ2v) is 6.87. The second-order valence-electron chi connectivity index (χ2n) is 5.99. The highest BCUT2D eigenvalue weighted by Gasteiger charge is 2.24. The molecule has 2 aromatic rings. The number of ether oxygens (including phenoxy) is 1. The highest BCUT2D eigenvalue weighted by Crippen LogP contribution is 2.35. The molecule has 0 radical (unpaired) electrons. The van der Waals surface area contributed by atoms with Gasteiger partial charge in [-0.2, -0.15) is 0 Å². The minimum absolute atomic E-state index is 0. The van der Waals surface area contributed by atoms with Gasteiger partial charge in [0.05, 0.1) is 12.5 Å². The largest absolute Gasteiger partial charge is 0.466 e. The van der Waals surface area contributed by atoms with Crippen LogP contribution >= 0.6 is 23.2 Å². The van der Waals surface area contributed by atoms with E-state index in [0.717, 1.165) is 16.7 Å². The lowest BCUT2D eigenvalue weighted by atomic mass is 9.82. The monoisotopic (exact) mass is 380 g/mol. The molecule has 0 N–H and O–H groups in total. The number of benzene rings is 2. The Morgan fingerprint density at radius 1 is 1.08 bits per heavy atom. The second kappa shape index (κ2) is 9.84. The van der Waals surface area contributed by atoms with Crippen molar-refractivity contribution in [1.29, 1.82) is 0 Å². The molecule has 0 bridgehead atoms. The van der Waals surface area contributed by atoms with E-state index in [2.05, 4.69) is 6.92 Å². The number of esters is 1. The third kappa shape index (κ3) is 5.76. The van der Waals surface area contributed by atoms with Gasteiger partial charge in [0.1, 0.15) is 0 Å². The Hall–Kier alpha value is -1.51. The molecule has 2 rings (SSSR count). The Morgan fingerprint density at radius 2 is 1.68 bits per heavy atom. The molecule has 0 spiro atoms. The lowest BCUT2D eigenvalue weighted by Gasteiger charge is -2.23. The van der Waals surface area contributed by atoms with Crippen molar-refractivity contribution in [3.8, 4) is 0 Å². The first-order valence-electron chi connectivity index (χ1n) is 8.10. The topological polar surface area (TPSA) is 26.3 Å². The molecule has 0 aliphatic carbocycles. The van der Waals surface area contributed by atoms with E-state index in [-0.39, 0.29) is 25.2 Å². The lowest BCUT2D eigenvalue weighted by molar-refractivity contribution is -0.147. The van der Waals surface area contributed by atoms with Crippen molar-refractivity contribution < 1.29 is 9.53 Å². The summed E-state index contributed by atoms with van der Waals surface area (Å²) in [5, 5.41) is 1.39. The van der Waals surface area contributed by atoms with E-state index in [0.29, 0.717) is 23.1 Å². The summed E-state index contributed by atoms with van der Waals surface area (Å²) in [6.45, 7) is 6.18. The molecule has 0 saturated carbocycles. The van der Waals surface area contributed by atoms with Crippen molar-refractivity contribution >= 4 is 29.2 Å². The predicted molar refractivity (Wildman–Crippen MR) is 107 cm³/mol. The molecule has 4 heteroatoms. The van der Waals surface area contributed by atoms with Crippen molar-refractivity contribution in [2.24, 2.45) is 5.92 Å². The maximum atomic E-state index is 12.1. The molecule has 25 heavy (non-hydrogen) atoms. The Balaban J connectivity index is 0.00000312. The molecule has 0 amide bonds. The van der Waals surface area contributed by atoms with E-state index in [1.165, 1.54) is 0 Å². The fourth-order valence-electron chi connectivity index (χ4n) is 2.86. The zero-order valence-corrected chi connectivity index (χ0v) is 15.7. The normalized spacial score (nSPS) is 12.8. The molecule has 2 unspecified atom stereocenters.